The molecule has 0 aliphatic carbocycles. The number of halogens is 1. The third-order valence-corrected chi connectivity index (χ3v) is 5.10. The van der Waals surface area contributed by atoms with Gasteiger partial charge in [-0.25, -0.2) is 9.97 Å². The van der Waals surface area contributed by atoms with Crippen molar-refractivity contribution in [3.8, 4) is 5.75 Å². The summed E-state index contributed by atoms with van der Waals surface area (Å²) in [5, 5.41) is 0.656. The number of carbonyl (C=O) groups is 1. The number of likely N-dealkylation sites (N-methyl/N-ethyl adjacent to an activating group) is 1. The molecule has 6 nitrogen and oxygen atoms in total. The highest BCUT2D eigenvalue weighted by atomic mass is 35.5. The Morgan fingerprint density at radius 3 is 2.32 bits per heavy atom. The normalized spacial score (nSPS) is 13.6. The fourth-order valence-corrected chi connectivity index (χ4v) is 3.79. The molecule has 0 fully saturated rings. The summed E-state index contributed by atoms with van der Waals surface area (Å²) >= 11 is 6.07. The number of hydrogen-bond donors (Lipinski definition) is 0. The topological polar surface area (TPSA) is 58.6 Å². The SMILES string of the molecule is Cc1cc(Cl)cc(C)c1OCC(=O)N1CCN(C)c2nc3ccccc3nc21. The van der Waals surface area contributed by atoms with Gasteiger partial charge in [0.1, 0.15) is 5.75 Å². The minimum Gasteiger partial charge on any atom is -0.483 e. The average Bonchev–Trinajstić information content (AvgIpc) is 2.66. The Morgan fingerprint density at radius 2 is 1.68 bits per heavy atom. The van der Waals surface area contributed by atoms with Crippen molar-refractivity contribution in [2.24, 2.45) is 0 Å². The minimum atomic E-state index is -0.146. The zero-order chi connectivity index (χ0) is 19.8. The lowest BCUT2D eigenvalue weighted by atomic mass is 10.1. The number of carbonyl (C=O) groups excluding carboxylic acids is 1. The van der Waals surface area contributed by atoms with Crippen molar-refractivity contribution in [1.82, 2.24) is 9.97 Å². The summed E-state index contributed by atoms with van der Waals surface area (Å²) in [7, 11) is 1.96. The fraction of sp³-hybridized carbons (Fsp3) is 0.286. The molecule has 0 saturated heterocycles. The number of ether oxygens (including phenoxy) is 1. The van der Waals surface area contributed by atoms with Gasteiger partial charge >= 0.3 is 0 Å². The first-order chi connectivity index (χ1) is 13.4. The van der Waals surface area contributed by atoms with Crippen molar-refractivity contribution < 1.29 is 9.53 Å². The van der Waals surface area contributed by atoms with Crippen molar-refractivity contribution in [3.63, 3.8) is 0 Å². The molecule has 1 amide bonds. The van der Waals surface area contributed by atoms with Gasteiger partial charge in [0.05, 0.1) is 11.0 Å². The molecule has 0 radical (unpaired) electrons. The summed E-state index contributed by atoms with van der Waals surface area (Å²) < 4.78 is 5.86. The zero-order valence-electron chi connectivity index (χ0n) is 16.1. The van der Waals surface area contributed by atoms with Gasteiger partial charge < -0.3 is 9.64 Å². The molecule has 0 N–H and O–H groups in total. The monoisotopic (exact) mass is 396 g/mol. The maximum Gasteiger partial charge on any atom is 0.266 e. The lowest BCUT2D eigenvalue weighted by Crippen LogP contribution is -2.45. The Balaban J connectivity index is 1.61. The molecule has 0 spiro atoms. The number of aryl methyl sites for hydroxylation is 2. The van der Waals surface area contributed by atoms with E-state index in [-0.39, 0.29) is 12.5 Å². The van der Waals surface area contributed by atoms with Gasteiger partial charge in [0.25, 0.3) is 5.91 Å². The van der Waals surface area contributed by atoms with Crippen molar-refractivity contribution in [3.05, 3.63) is 52.5 Å². The second-order valence-electron chi connectivity index (χ2n) is 6.98. The first kappa shape index (κ1) is 18.5. The van der Waals surface area contributed by atoms with E-state index >= 15 is 0 Å². The largest absolute Gasteiger partial charge is 0.483 e. The molecule has 4 rings (SSSR count). The van der Waals surface area contributed by atoms with Gasteiger partial charge in [-0.3, -0.25) is 9.69 Å². The van der Waals surface area contributed by atoms with Crippen LogP contribution in [0.25, 0.3) is 11.0 Å². The lowest BCUT2D eigenvalue weighted by molar-refractivity contribution is -0.120. The molecule has 28 heavy (non-hydrogen) atoms. The molecule has 0 unspecified atom stereocenters. The molecule has 0 atom stereocenters. The van der Waals surface area contributed by atoms with Gasteiger partial charge in [0.15, 0.2) is 18.2 Å². The number of para-hydroxylation sites is 2. The summed E-state index contributed by atoms with van der Waals surface area (Å²) in [5.41, 5.74) is 3.38. The van der Waals surface area contributed by atoms with Crippen LogP contribution in [0.3, 0.4) is 0 Å². The summed E-state index contributed by atoms with van der Waals surface area (Å²) in [6.07, 6.45) is 0. The van der Waals surface area contributed by atoms with E-state index in [1.807, 2.05) is 62.2 Å². The molecule has 0 saturated carbocycles. The molecule has 1 aromatic heterocycles. The predicted molar refractivity (Wildman–Crippen MR) is 112 cm³/mol. The van der Waals surface area contributed by atoms with E-state index < -0.39 is 0 Å². The third kappa shape index (κ3) is 3.36. The summed E-state index contributed by atoms with van der Waals surface area (Å²) in [5.74, 6) is 1.83. The van der Waals surface area contributed by atoms with Crippen LogP contribution < -0.4 is 14.5 Å². The molecular formula is C21H21ClN4O2. The van der Waals surface area contributed by atoms with Crippen LogP contribution in [0.2, 0.25) is 5.02 Å². The molecule has 0 bridgehead atoms. The van der Waals surface area contributed by atoms with E-state index in [0.717, 1.165) is 22.2 Å². The maximum atomic E-state index is 13.0. The van der Waals surface area contributed by atoms with Gasteiger partial charge in [-0.15, -0.1) is 0 Å². The summed E-state index contributed by atoms with van der Waals surface area (Å²) in [6.45, 7) is 4.99. The second-order valence-corrected chi connectivity index (χ2v) is 7.42. The molecule has 2 aromatic carbocycles. The highest BCUT2D eigenvalue weighted by Crippen LogP contribution is 2.31. The van der Waals surface area contributed by atoms with Gasteiger partial charge in [-0.05, 0) is 49.2 Å². The molecule has 144 valence electrons. The zero-order valence-corrected chi connectivity index (χ0v) is 16.8. The van der Waals surface area contributed by atoms with E-state index in [0.29, 0.717) is 35.5 Å². The number of aromatic nitrogens is 2. The Bertz CT molecular complexity index is 1050. The van der Waals surface area contributed by atoms with E-state index in [1.165, 1.54) is 0 Å². The third-order valence-electron chi connectivity index (χ3n) is 4.88. The van der Waals surface area contributed by atoms with Crippen LogP contribution in [0.4, 0.5) is 11.6 Å². The standard InChI is InChI=1S/C21H21ClN4O2/c1-13-10-15(22)11-14(2)19(13)28-12-18(27)26-9-8-25(3)20-21(26)24-17-7-5-4-6-16(17)23-20/h4-7,10-11H,8-9,12H2,1-3H3. The Hall–Kier alpha value is -2.86. The van der Waals surface area contributed by atoms with Crippen LogP contribution in [-0.2, 0) is 4.79 Å². The van der Waals surface area contributed by atoms with Crippen molar-refractivity contribution in [1.29, 1.82) is 0 Å². The Labute approximate surface area is 168 Å². The maximum absolute atomic E-state index is 13.0. The van der Waals surface area contributed by atoms with E-state index in [2.05, 4.69) is 0 Å². The number of hydrogen-bond acceptors (Lipinski definition) is 5. The average molecular weight is 397 g/mol. The first-order valence-electron chi connectivity index (χ1n) is 9.12. The van der Waals surface area contributed by atoms with E-state index in [9.17, 15) is 4.79 Å². The number of rotatable bonds is 3. The quantitative estimate of drug-likeness (QED) is 0.674. The van der Waals surface area contributed by atoms with Gasteiger partial charge in [0, 0.05) is 25.2 Å². The summed E-state index contributed by atoms with van der Waals surface area (Å²) in [4.78, 5) is 26.0. The van der Waals surface area contributed by atoms with Gasteiger partial charge in [-0.2, -0.15) is 0 Å². The number of anilines is 2. The lowest BCUT2D eigenvalue weighted by Gasteiger charge is -2.33. The van der Waals surface area contributed by atoms with Crippen LogP contribution in [0.15, 0.2) is 36.4 Å². The van der Waals surface area contributed by atoms with Gasteiger partial charge in [0.2, 0.25) is 0 Å². The van der Waals surface area contributed by atoms with Crippen LogP contribution in [0.1, 0.15) is 11.1 Å². The number of benzene rings is 2. The van der Waals surface area contributed by atoms with Crippen molar-refractivity contribution >= 4 is 40.2 Å². The van der Waals surface area contributed by atoms with Gasteiger partial charge in [-0.1, -0.05) is 23.7 Å². The molecule has 1 aliphatic heterocycles. The van der Waals surface area contributed by atoms with E-state index in [1.54, 1.807) is 4.90 Å². The highest BCUT2D eigenvalue weighted by Gasteiger charge is 2.29. The van der Waals surface area contributed by atoms with Crippen LogP contribution >= 0.6 is 11.6 Å². The van der Waals surface area contributed by atoms with Crippen LogP contribution in [-0.4, -0.2) is 42.6 Å². The van der Waals surface area contributed by atoms with Crippen LogP contribution in [0.5, 0.6) is 5.75 Å². The smallest absolute Gasteiger partial charge is 0.266 e. The highest BCUT2D eigenvalue weighted by molar-refractivity contribution is 6.30. The summed E-state index contributed by atoms with van der Waals surface area (Å²) in [6, 6.07) is 11.3. The first-order valence-corrected chi connectivity index (χ1v) is 9.49. The fourth-order valence-electron chi connectivity index (χ4n) is 3.46. The second kappa shape index (κ2) is 7.28. The molecular weight excluding hydrogens is 376 g/mol. The molecule has 7 heteroatoms. The van der Waals surface area contributed by atoms with Crippen molar-refractivity contribution in [2.75, 3.05) is 36.5 Å². The number of amides is 1. The predicted octanol–water partition coefficient (Wildman–Crippen LogP) is 3.76. The van der Waals surface area contributed by atoms with Crippen LogP contribution in [0, 0.1) is 13.8 Å². The molecule has 1 aliphatic rings. The molecule has 2 heterocycles. The Kier molecular flexibility index (Phi) is 4.81. The number of fused-ring (bicyclic) bond motifs is 2. The minimum absolute atomic E-state index is 0.0685. The van der Waals surface area contributed by atoms with E-state index in [4.69, 9.17) is 26.3 Å². The number of nitrogens with zero attached hydrogens (tertiary/aromatic N) is 4. The molecule has 3 aromatic rings. The van der Waals surface area contributed by atoms with Crippen molar-refractivity contribution in [2.45, 2.75) is 13.8 Å². The Morgan fingerprint density at radius 1 is 1.07 bits per heavy atom.